The van der Waals surface area contributed by atoms with Gasteiger partial charge in [0.25, 0.3) is 0 Å². The third-order valence-electron chi connectivity index (χ3n) is 2.19. The zero-order chi connectivity index (χ0) is 11.1. The van der Waals surface area contributed by atoms with Crippen molar-refractivity contribution < 1.29 is 14.1 Å². The van der Waals surface area contributed by atoms with Crippen LogP contribution in [0.3, 0.4) is 0 Å². The maximum atomic E-state index is 11.3. The molecule has 0 saturated carbocycles. The van der Waals surface area contributed by atoms with E-state index < -0.39 is 9.83 Å². The lowest BCUT2D eigenvalue weighted by molar-refractivity contribution is -0.110. The highest BCUT2D eigenvalue weighted by atomic mass is 33.1. The molecule has 1 aliphatic heterocycles. The molecule has 0 bridgehead atoms. The van der Waals surface area contributed by atoms with Crippen molar-refractivity contribution >= 4 is 25.7 Å². The zero-order valence-electron chi connectivity index (χ0n) is 8.55. The van der Waals surface area contributed by atoms with Crippen molar-refractivity contribution in [3.63, 3.8) is 0 Å². The second kappa shape index (κ2) is 7.19. The molecule has 0 aromatic carbocycles. The molecule has 0 aliphatic carbocycles. The lowest BCUT2D eigenvalue weighted by Gasteiger charge is -2.02. The number of unbranched alkanes of at least 4 members (excludes halogenated alkanes) is 1. The summed E-state index contributed by atoms with van der Waals surface area (Å²) in [4.78, 5) is 11.0. The number of hydrogen-bond acceptors (Lipinski definition) is 4. The Morgan fingerprint density at radius 2 is 2.20 bits per heavy atom. The van der Waals surface area contributed by atoms with Gasteiger partial charge in [-0.15, -0.1) is 0 Å². The van der Waals surface area contributed by atoms with Crippen LogP contribution in [0.25, 0.3) is 0 Å². The molecule has 1 N–H and O–H groups in total. The van der Waals surface area contributed by atoms with Gasteiger partial charge in [0.15, 0.2) is 0 Å². The molecule has 5 heteroatoms. The smallest absolute Gasteiger partial charge is 0.202 e. The molecule has 0 radical (unpaired) electrons. The lowest BCUT2D eigenvalue weighted by Crippen LogP contribution is -2.06. The SMILES string of the molecule is O=C1CC(CC/C=C/CCCO)S(=O)S1. The van der Waals surface area contributed by atoms with Crippen LogP contribution >= 0.6 is 10.8 Å². The summed E-state index contributed by atoms with van der Waals surface area (Å²) in [5.74, 6) is 0. The van der Waals surface area contributed by atoms with E-state index in [4.69, 9.17) is 5.11 Å². The van der Waals surface area contributed by atoms with E-state index in [1.807, 2.05) is 12.2 Å². The van der Waals surface area contributed by atoms with Crippen LogP contribution in [-0.2, 0) is 14.6 Å². The molecule has 0 aromatic rings. The van der Waals surface area contributed by atoms with E-state index in [9.17, 15) is 9.00 Å². The minimum absolute atomic E-state index is 0.0463. The normalized spacial score (nSPS) is 26.6. The van der Waals surface area contributed by atoms with E-state index in [1.54, 1.807) is 0 Å². The first kappa shape index (κ1) is 12.9. The van der Waals surface area contributed by atoms with Crippen molar-refractivity contribution in [3.05, 3.63) is 12.2 Å². The van der Waals surface area contributed by atoms with E-state index in [2.05, 4.69) is 0 Å². The summed E-state index contributed by atoms with van der Waals surface area (Å²) in [6.07, 6.45) is 7.90. The first-order valence-electron chi connectivity index (χ1n) is 5.11. The largest absolute Gasteiger partial charge is 0.396 e. The molecule has 15 heavy (non-hydrogen) atoms. The van der Waals surface area contributed by atoms with Crippen molar-refractivity contribution in [2.45, 2.75) is 37.4 Å². The molecule has 1 aliphatic rings. The summed E-state index contributed by atoms with van der Waals surface area (Å²) in [6, 6.07) is 0. The fraction of sp³-hybridized carbons (Fsp3) is 0.700. The molecule has 2 atom stereocenters. The Bertz CT molecular complexity index is 263. The van der Waals surface area contributed by atoms with Crippen molar-refractivity contribution in [1.82, 2.24) is 0 Å². The van der Waals surface area contributed by atoms with Gasteiger partial charge in [0.05, 0.1) is 15.1 Å². The summed E-state index contributed by atoms with van der Waals surface area (Å²) in [5, 5.41) is 8.65. The Kier molecular flexibility index (Phi) is 6.20. The Hall–Kier alpha value is -0.130. The van der Waals surface area contributed by atoms with Crippen molar-refractivity contribution in [1.29, 1.82) is 0 Å². The molecule has 1 heterocycles. The summed E-state index contributed by atoms with van der Waals surface area (Å²) in [5.41, 5.74) is 0. The van der Waals surface area contributed by atoms with Crippen molar-refractivity contribution in [2.75, 3.05) is 6.61 Å². The quantitative estimate of drug-likeness (QED) is 0.442. The fourth-order valence-corrected chi connectivity index (χ4v) is 4.34. The molecule has 0 amide bonds. The summed E-state index contributed by atoms with van der Waals surface area (Å²) < 4.78 is 11.3. The Morgan fingerprint density at radius 3 is 2.80 bits per heavy atom. The van der Waals surface area contributed by atoms with Crippen LogP contribution in [0.4, 0.5) is 0 Å². The van der Waals surface area contributed by atoms with Crippen molar-refractivity contribution in [2.24, 2.45) is 0 Å². The average molecular weight is 248 g/mol. The number of rotatable bonds is 6. The average Bonchev–Trinajstić information content (AvgIpc) is 2.51. The second-order valence-electron chi connectivity index (χ2n) is 3.46. The van der Waals surface area contributed by atoms with Gasteiger partial charge in [-0.05, 0) is 25.7 Å². The van der Waals surface area contributed by atoms with E-state index >= 15 is 0 Å². The first-order chi connectivity index (χ1) is 7.24. The van der Waals surface area contributed by atoms with E-state index in [0.29, 0.717) is 6.42 Å². The molecule has 0 aromatic heterocycles. The maximum Gasteiger partial charge on any atom is 0.202 e. The molecule has 1 fully saturated rings. The summed E-state index contributed by atoms with van der Waals surface area (Å²) >= 11 is 0. The number of aliphatic hydroxyl groups excluding tert-OH is 1. The Morgan fingerprint density at radius 1 is 1.47 bits per heavy atom. The van der Waals surface area contributed by atoms with E-state index in [0.717, 1.165) is 36.5 Å². The van der Waals surface area contributed by atoms with Crippen LogP contribution in [-0.4, -0.2) is 26.3 Å². The van der Waals surface area contributed by atoms with Gasteiger partial charge in [0.1, 0.15) is 0 Å². The van der Waals surface area contributed by atoms with E-state index in [1.165, 1.54) is 0 Å². The molecule has 1 saturated heterocycles. The van der Waals surface area contributed by atoms with Gasteiger partial charge in [-0.2, -0.15) is 0 Å². The molecule has 1 rings (SSSR count). The highest BCUT2D eigenvalue weighted by Gasteiger charge is 2.29. The van der Waals surface area contributed by atoms with Gasteiger partial charge >= 0.3 is 0 Å². The van der Waals surface area contributed by atoms with Crippen LogP contribution < -0.4 is 0 Å². The number of carbonyl (C=O) groups is 1. The highest BCUT2D eigenvalue weighted by Crippen LogP contribution is 2.30. The maximum absolute atomic E-state index is 11.3. The number of aliphatic hydroxyl groups is 1. The molecule has 2 unspecified atom stereocenters. The summed E-state index contributed by atoms with van der Waals surface area (Å²) in [7, 11) is -0.0297. The van der Waals surface area contributed by atoms with Gasteiger partial charge in [0.2, 0.25) is 5.12 Å². The van der Waals surface area contributed by atoms with Gasteiger partial charge in [-0.1, -0.05) is 12.2 Å². The number of hydrogen-bond donors (Lipinski definition) is 1. The third-order valence-corrected chi connectivity index (χ3v) is 5.52. The van der Waals surface area contributed by atoms with Crippen LogP contribution in [0.15, 0.2) is 12.2 Å². The standard InChI is InChI=1S/C10H16O3S2/c11-7-5-3-1-2-4-6-9-8-10(12)14-15(9)13/h1-2,9,11H,3-8H2/b2-1+. The molecular weight excluding hydrogens is 232 g/mol. The molecule has 3 nitrogen and oxygen atoms in total. The van der Waals surface area contributed by atoms with Crippen LogP contribution in [0, 0.1) is 0 Å². The monoisotopic (exact) mass is 248 g/mol. The highest BCUT2D eigenvalue weighted by molar-refractivity contribution is 8.76. The summed E-state index contributed by atoms with van der Waals surface area (Å²) in [6.45, 7) is 0.224. The van der Waals surface area contributed by atoms with Crippen molar-refractivity contribution in [3.8, 4) is 0 Å². The topological polar surface area (TPSA) is 54.4 Å². The molecule has 86 valence electrons. The molecular formula is C10H16O3S2. The minimum atomic E-state index is -1.01. The van der Waals surface area contributed by atoms with Crippen LogP contribution in [0.1, 0.15) is 32.1 Å². The van der Waals surface area contributed by atoms with Gasteiger partial charge in [-0.3, -0.25) is 4.79 Å². The predicted octanol–water partition coefficient (Wildman–Crippen LogP) is 1.79. The van der Waals surface area contributed by atoms with Gasteiger partial charge in [0, 0.05) is 23.8 Å². The molecule has 0 spiro atoms. The number of carbonyl (C=O) groups excluding carboxylic acids is 1. The Balaban J connectivity index is 2.12. The van der Waals surface area contributed by atoms with Gasteiger partial charge in [-0.25, -0.2) is 4.21 Å². The van der Waals surface area contributed by atoms with Crippen LogP contribution in [0.2, 0.25) is 0 Å². The minimum Gasteiger partial charge on any atom is -0.396 e. The zero-order valence-corrected chi connectivity index (χ0v) is 10.2. The third kappa shape index (κ3) is 4.95. The Labute approximate surface area is 96.2 Å². The second-order valence-corrected chi connectivity index (χ2v) is 6.75. The lowest BCUT2D eigenvalue weighted by atomic mass is 10.1. The van der Waals surface area contributed by atoms with Gasteiger partial charge < -0.3 is 5.11 Å². The van der Waals surface area contributed by atoms with Crippen LogP contribution in [0.5, 0.6) is 0 Å². The number of allylic oxidation sites excluding steroid dienone is 2. The predicted molar refractivity (Wildman–Crippen MR) is 63.8 cm³/mol. The van der Waals surface area contributed by atoms with E-state index in [-0.39, 0.29) is 17.0 Å². The first-order valence-corrected chi connectivity index (χ1v) is 7.66. The fourth-order valence-electron chi connectivity index (χ4n) is 1.37.